The lowest BCUT2D eigenvalue weighted by molar-refractivity contribution is -0.113. The number of carbonyl (C=O) groups is 2. The van der Waals surface area contributed by atoms with Crippen molar-refractivity contribution in [2.45, 2.75) is 19.9 Å². The number of benzene rings is 2. The van der Waals surface area contributed by atoms with E-state index in [4.69, 9.17) is 26.2 Å². The zero-order valence-corrected chi connectivity index (χ0v) is 20.4. The van der Waals surface area contributed by atoms with Gasteiger partial charge >= 0.3 is 5.97 Å². The van der Waals surface area contributed by atoms with Gasteiger partial charge in [-0.15, -0.1) is 0 Å². The summed E-state index contributed by atoms with van der Waals surface area (Å²) in [5, 5.41) is 10.2. The average Bonchev–Trinajstić information content (AvgIpc) is 3.27. The molecule has 180 valence electrons. The van der Waals surface area contributed by atoms with E-state index < -0.39 is 17.9 Å². The Labute approximate surface area is 207 Å². The van der Waals surface area contributed by atoms with Crippen LogP contribution in [0.5, 0.6) is 5.75 Å². The van der Waals surface area contributed by atoms with Crippen molar-refractivity contribution < 1.29 is 23.6 Å². The minimum Gasteiger partial charge on any atom is -0.495 e. The molecular weight excluding hydrogens is 468 g/mol. The van der Waals surface area contributed by atoms with Crippen molar-refractivity contribution in [2.75, 3.05) is 24.4 Å². The molecule has 0 fully saturated rings. The predicted molar refractivity (Wildman–Crippen MR) is 134 cm³/mol. The first-order valence-electron chi connectivity index (χ1n) is 10.7. The number of aryl methyl sites for hydroxylation is 1. The maximum Gasteiger partial charge on any atom is 0.338 e. The first-order chi connectivity index (χ1) is 16.8. The number of carbonyl (C=O) groups excluding carboxylic acids is 2. The van der Waals surface area contributed by atoms with Gasteiger partial charge < -0.3 is 24.6 Å². The number of hydrogen-bond acceptors (Lipinski definition) is 7. The van der Waals surface area contributed by atoms with E-state index in [2.05, 4.69) is 15.8 Å². The number of para-hydroxylation sites is 2. The maximum atomic E-state index is 13.7. The quantitative estimate of drug-likeness (QED) is 0.388. The molecule has 1 aromatic heterocycles. The van der Waals surface area contributed by atoms with Gasteiger partial charge in [0, 0.05) is 11.8 Å². The Morgan fingerprint density at radius 2 is 1.83 bits per heavy atom. The normalized spacial score (nSPS) is 15.5. The third kappa shape index (κ3) is 4.60. The molecule has 2 aromatic carbocycles. The first kappa shape index (κ1) is 24.0. The van der Waals surface area contributed by atoms with Crippen LogP contribution in [0.1, 0.15) is 34.6 Å². The minimum atomic E-state index is -0.739. The van der Waals surface area contributed by atoms with Crippen LogP contribution in [0.4, 0.5) is 11.5 Å². The summed E-state index contributed by atoms with van der Waals surface area (Å²) in [6.45, 7) is 3.52. The molecule has 2 N–H and O–H groups in total. The number of esters is 1. The van der Waals surface area contributed by atoms with Gasteiger partial charge in [0.1, 0.15) is 11.5 Å². The van der Waals surface area contributed by atoms with Crippen LogP contribution in [-0.2, 0) is 9.53 Å². The standard InChI is InChI=1S/C25H24N4O5S/c1-14-13-20(28-34-14)26-23(30)21-15(2)29(18-11-7-8-12-19(18)32-3)25(35)27-22(21)16-9-5-6-10-17(16)24(31)33-4/h5-13,22H,1-4H3,(H,27,35)(H,26,28,30)/t22-/m1/s1. The number of nitrogens with zero attached hydrogens (tertiary/aromatic N) is 2. The number of anilines is 2. The Kier molecular flexibility index (Phi) is 6.83. The van der Waals surface area contributed by atoms with E-state index in [1.54, 1.807) is 56.2 Å². The fraction of sp³-hybridized carbons (Fsp3) is 0.200. The molecule has 0 saturated heterocycles. The number of methoxy groups -OCH3 is 2. The molecule has 3 aromatic rings. The second-order valence-corrected chi connectivity index (χ2v) is 8.13. The maximum absolute atomic E-state index is 13.7. The number of rotatable bonds is 6. The highest BCUT2D eigenvalue weighted by atomic mass is 32.1. The van der Waals surface area contributed by atoms with Crippen molar-refractivity contribution in [2.24, 2.45) is 0 Å². The van der Waals surface area contributed by atoms with Gasteiger partial charge in [-0.25, -0.2) is 4.79 Å². The molecule has 0 aliphatic carbocycles. The highest BCUT2D eigenvalue weighted by Crippen LogP contribution is 2.38. The summed E-state index contributed by atoms with van der Waals surface area (Å²) in [6, 6.07) is 15.1. The molecular formula is C25H24N4O5S. The van der Waals surface area contributed by atoms with Crippen molar-refractivity contribution >= 4 is 40.7 Å². The SMILES string of the molecule is COC(=O)c1ccccc1[C@H]1NC(=S)N(c2ccccc2OC)C(C)=C1C(=O)Nc1cc(C)on1. The second-order valence-electron chi connectivity index (χ2n) is 7.74. The molecule has 0 radical (unpaired) electrons. The third-order valence-corrected chi connectivity index (χ3v) is 5.90. The van der Waals surface area contributed by atoms with Crippen LogP contribution in [0.3, 0.4) is 0 Å². The number of amides is 1. The van der Waals surface area contributed by atoms with E-state index in [9.17, 15) is 9.59 Å². The largest absolute Gasteiger partial charge is 0.495 e. The van der Waals surface area contributed by atoms with E-state index in [0.717, 1.165) is 0 Å². The van der Waals surface area contributed by atoms with Crippen LogP contribution in [-0.4, -0.2) is 36.4 Å². The molecule has 0 unspecified atom stereocenters. The monoisotopic (exact) mass is 492 g/mol. The smallest absolute Gasteiger partial charge is 0.338 e. The number of ether oxygens (including phenoxy) is 2. The fourth-order valence-corrected chi connectivity index (χ4v) is 4.38. The third-order valence-electron chi connectivity index (χ3n) is 5.60. The number of aromatic nitrogens is 1. The molecule has 2 heterocycles. The molecule has 0 bridgehead atoms. The summed E-state index contributed by atoms with van der Waals surface area (Å²) in [7, 11) is 2.87. The van der Waals surface area contributed by atoms with Crippen molar-refractivity contribution in [3.63, 3.8) is 0 Å². The van der Waals surface area contributed by atoms with Crippen LogP contribution in [0.25, 0.3) is 0 Å². The van der Waals surface area contributed by atoms with Crippen LogP contribution >= 0.6 is 12.2 Å². The summed E-state index contributed by atoms with van der Waals surface area (Å²) in [4.78, 5) is 27.9. The number of hydrogen-bond donors (Lipinski definition) is 2. The summed E-state index contributed by atoms with van der Waals surface area (Å²) >= 11 is 5.73. The molecule has 35 heavy (non-hydrogen) atoms. The molecule has 10 heteroatoms. The van der Waals surface area contributed by atoms with Gasteiger partial charge in [0.2, 0.25) is 0 Å². The van der Waals surface area contributed by atoms with Gasteiger partial charge in [0.25, 0.3) is 5.91 Å². The lowest BCUT2D eigenvalue weighted by atomic mass is 9.90. The predicted octanol–water partition coefficient (Wildman–Crippen LogP) is 4.13. The van der Waals surface area contributed by atoms with E-state index in [1.165, 1.54) is 7.11 Å². The van der Waals surface area contributed by atoms with Gasteiger partial charge in [0.05, 0.1) is 37.1 Å². The van der Waals surface area contributed by atoms with Crippen molar-refractivity contribution in [3.05, 3.63) is 82.8 Å². The van der Waals surface area contributed by atoms with Crippen molar-refractivity contribution in [1.82, 2.24) is 10.5 Å². The Morgan fingerprint density at radius 1 is 1.11 bits per heavy atom. The van der Waals surface area contributed by atoms with Crippen LogP contribution < -0.4 is 20.3 Å². The van der Waals surface area contributed by atoms with E-state index in [-0.39, 0.29) is 5.82 Å². The van der Waals surface area contributed by atoms with Gasteiger partial charge in [-0.3, -0.25) is 9.69 Å². The number of nitrogens with one attached hydrogen (secondary N) is 2. The Morgan fingerprint density at radius 3 is 2.51 bits per heavy atom. The van der Waals surface area contributed by atoms with E-state index >= 15 is 0 Å². The molecule has 1 aliphatic rings. The Hall–Kier alpha value is -4.18. The lowest BCUT2D eigenvalue weighted by Gasteiger charge is -2.38. The second kappa shape index (κ2) is 9.98. The molecule has 1 aliphatic heterocycles. The summed E-state index contributed by atoms with van der Waals surface area (Å²) < 4.78 is 15.6. The molecule has 1 amide bonds. The van der Waals surface area contributed by atoms with Gasteiger partial charge in [-0.2, -0.15) is 0 Å². The fourth-order valence-electron chi connectivity index (χ4n) is 4.03. The number of allylic oxidation sites excluding steroid dienone is 1. The molecule has 9 nitrogen and oxygen atoms in total. The molecule has 1 atom stereocenters. The van der Waals surface area contributed by atoms with E-state index in [0.29, 0.717) is 44.7 Å². The first-order valence-corrected chi connectivity index (χ1v) is 11.1. The highest BCUT2D eigenvalue weighted by Gasteiger charge is 2.37. The minimum absolute atomic E-state index is 0.268. The summed E-state index contributed by atoms with van der Waals surface area (Å²) in [6.07, 6.45) is 0. The van der Waals surface area contributed by atoms with Gasteiger partial charge in [-0.05, 0) is 49.8 Å². The average molecular weight is 493 g/mol. The van der Waals surface area contributed by atoms with Crippen molar-refractivity contribution in [1.29, 1.82) is 0 Å². The van der Waals surface area contributed by atoms with Crippen molar-refractivity contribution in [3.8, 4) is 5.75 Å². The van der Waals surface area contributed by atoms with Gasteiger partial charge in [-0.1, -0.05) is 35.5 Å². The lowest BCUT2D eigenvalue weighted by Crippen LogP contribution is -2.49. The Balaban J connectivity index is 1.89. The molecule has 4 rings (SSSR count). The topological polar surface area (TPSA) is 106 Å². The molecule has 0 spiro atoms. The highest BCUT2D eigenvalue weighted by molar-refractivity contribution is 7.80. The zero-order valence-electron chi connectivity index (χ0n) is 19.6. The molecule has 0 saturated carbocycles. The summed E-state index contributed by atoms with van der Waals surface area (Å²) in [5.74, 6) is 0.443. The summed E-state index contributed by atoms with van der Waals surface area (Å²) in [5.41, 5.74) is 2.41. The number of thiocarbonyl (C=S) groups is 1. The van der Waals surface area contributed by atoms with Crippen LogP contribution in [0.15, 0.2) is 70.4 Å². The van der Waals surface area contributed by atoms with E-state index in [1.807, 2.05) is 24.3 Å². The van der Waals surface area contributed by atoms with Crippen LogP contribution in [0.2, 0.25) is 0 Å². The van der Waals surface area contributed by atoms with Gasteiger partial charge in [0.15, 0.2) is 10.9 Å². The van der Waals surface area contributed by atoms with Crippen LogP contribution in [0, 0.1) is 6.92 Å². The zero-order chi connectivity index (χ0) is 25.1. The Bertz CT molecular complexity index is 1330.